The zero-order valence-electron chi connectivity index (χ0n) is 17.7. The fourth-order valence-corrected chi connectivity index (χ4v) is 5.72. The number of aliphatic hydroxyl groups is 2. The van der Waals surface area contributed by atoms with Crippen molar-refractivity contribution >= 4 is 27.4 Å². The van der Waals surface area contributed by atoms with Crippen molar-refractivity contribution in [2.24, 2.45) is 0 Å². The van der Waals surface area contributed by atoms with Gasteiger partial charge >= 0.3 is 0 Å². The maximum atomic E-state index is 12.9. The number of anilines is 1. The molecule has 2 heterocycles. The average molecular weight is 460 g/mol. The first-order valence-electron chi connectivity index (χ1n) is 10.3. The zero-order valence-corrected chi connectivity index (χ0v) is 18.5. The molecule has 0 atom stereocenters. The number of ketones is 1. The molecule has 0 saturated carbocycles. The molecule has 32 heavy (non-hydrogen) atoms. The van der Waals surface area contributed by atoms with Gasteiger partial charge < -0.3 is 20.4 Å². The summed E-state index contributed by atoms with van der Waals surface area (Å²) in [7, 11) is -1.90. The minimum absolute atomic E-state index is 0.0471. The van der Waals surface area contributed by atoms with Gasteiger partial charge in [-0.1, -0.05) is 12.1 Å². The monoisotopic (exact) mass is 459 g/mol. The van der Waals surface area contributed by atoms with E-state index in [2.05, 4.69) is 10.2 Å². The molecule has 2 aliphatic rings. The van der Waals surface area contributed by atoms with Gasteiger partial charge in [0, 0.05) is 26.2 Å². The van der Waals surface area contributed by atoms with Crippen LogP contribution in [0.15, 0.2) is 35.2 Å². The normalized spacial score (nSPS) is 16.2. The van der Waals surface area contributed by atoms with Crippen LogP contribution in [0.5, 0.6) is 0 Å². The van der Waals surface area contributed by atoms with Gasteiger partial charge in [0.1, 0.15) is 0 Å². The van der Waals surface area contributed by atoms with E-state index in [1.165, 1.54) is 12.1 Å². The molecular formula is C22H25N3O6S. The van der Waals surface area contributed by atoms with E-state index in [0.29, 0.717) is 17.8 Å². The Labute approximate surface area is 186 Å². The molecular weight excluding hydrogens is 434 g/mol. The van der Waals surface area contributed by atoms with Gasteiger partial charge in [-0.2, -0.15) is 4.31 Å². The quantitative estimate of drug-likeness (QED) is 0.513. The Morgan fingerprint density at radius 1 is 1.03 bits per heavy atom. The van der Waals surface area contributed by atoms with Crippen LogP contribution in [0.3, 0.4) is 0 Å². The van der Waals surface area contributed by atoms with Crippen molar-refractivity contribution in [2.45, 2.75) is 17.9 Å². The molecule has 3 N–H and O–H groups in total. The molecule has 0 spiro atoms. The summed E-state index contributed by atoms with van der Waals surface area (Å²) < 4.78 is 26.8. The number of Topliss-reactive ketones (excluding diaryl/α,β-unsaturated/α-hetero) is 1. The second-order valence-electron chi connectivity index (χ2n) is 7.95. The van der Waals surface area contributed by atoms with Crippen LogP contribution in [0.4, 0.5) is 5.69 Å². The Morgan fingerprint density at radius 3 is 2.31 bits per heavy atom. The summed E-state index contributed by atoms with van der Waals surface area (Å²) in [5.41, 5.74) is 4.42. The molecule has 4 rings (SSSR count). The first kappa shape index (κ1) is 22.6. The van der Waals surface area contributed by atoms with Crippen LogP contribution in [0, 0.1) is 0 Å². The lowest BCUT2D eigenvalue weighted by Crippen LogP contribution is -2.35. The van der Waals surface area contributed by atoms with Crippen molar-refractivity contribution < 1.29 is 28.2 Å². The number of likely N-dealkylation sites (N-methyl/N-ethyl adjacent to an activating group) is 1. The lowest BCUT2D eigenvalue weighted by molar-refractivity contribution is -0.112. The Hall–Kier alpha value is -2.63. The number of carbonyl (C=O) groups is 2. The number of sulfonamides is 1. The second-order valence-corrected chi connectivity index (χ2v) is 9.89. The SMILES string of the molecule is CN1CCc2c(-c3ccc(S(=O)(=O)N(CCO)CCO)cc3)cc3c(c2C1)NC(=O)C3=O. The second kappa shape index (κ2) is 8.72. The average Bonchev–Trinajstić information content (AvgIpc) is 3.07. The van der Waals surface area contributed by atoms with Crippen LogP contribution in [-0.2, 0) is 27.8 Å². The number of hydrogen-bond acceptors (Lipinski definition) is 7. The Kier molecular flexibility index (Phi) is 6.15. The van der Waals surface area contributed by atoms with Crippen LogP contribution < -0.4 is 5.32 Å². The van der Waals surface area contributed by atoms with Gasteiger partial charge in [-0.25, -0.2) is 8.42 Å². The van der Waals surface area contributed by atoms with E-state index in [4.69, 9.17) is 10.2 Å². The molecule has 2 aromatic rings. The van der Waals surface area contributed by atoms with Crippen molar-refractivity contribution in [3.63, 3.8) is 0 Å². The summed E-state index contributed by atoms with van der Waals surface area (Å²) in [4.78, 5) is 26.5. The molecule has 9 nitrogen and oxygen atoms in total. The lowest BCUT2D eigenvalue weighted by Gasteiger charge is -2.29. The largest absolute Gasteiger partial charge is 0.395 e. The standard InChI is InChI=1S/C22H25N3O6S/c1-24-7-6-16-17(12-18-20(19(16)13-24)23-22(29)21(18)28)14-2-4-15(5-3-14)32(30,31)25(8-10-26)9-11-27/h2-5,12,26-27H,6-11,13H2,1H3,(H,23,28,29). The number of nitrogens with zero attached hydrogens (tertiary/aromatic N) is 2. The number of fused-ring (bicyclic) bond motifs is 3. The van der Waals surface area contributed by atoms with Crippen LogP contribution in [0.25, 0.3) is 11.1 Å². The maximum Gasteiger partial charge on any atom is 0.296 e. The summed E-state index contributed by atoms with van der Waals surface area (Å²) in [5.74, 6) is -1.21. The Morgan fingerprint density at radius 2 is 1.69 bits per heavy atom. The number of aliphatic hydroxyl groups excluding tert-OH is 2. The smallest absolute Gasteiger partial charge is 0.296 e. The van der Waals surface area contributed by atoms with Gasteiger partial charge in [0.15, 0.2) is 0 Å². The minimum atomic E-state index is -3.88. The Bertz CT molecular complexity index is 1170. The molecule has 2 aliphatic heterocycles. The highest BCUT2D eigenvalue weighted by Crippen LogP contribution is 2.40. The molecule has 0 fully saturated rings. The molecule has 0 aliphatic carbocycles. The van der Waals surface area contributed by atoms with Crippen LogP contribution in [-0.4, -0.2) is 79.4 Å². The highest BCUT2D eigenvalue weighted by atomic mass is 32.2. The Balaban J connectivity index is 1.76. The number of hydrogen-bond donors (Lipinski definition) is 3. The van der Waals surface area contributed by atoms with Gasteiger partial charge in [0.05, 0.1) is 29.4 Å². The third-order valence-corrected chi connectivity index (χ3v) is 7.82. The van der Waals surface area contributed by atoms with Crippen molar-refractivity contribution in [1.29, 1.82) is 0 Å². The van der Waals surface area contributed by atoms with E-state index < -0.39 is 21.7 Å². The van der Waals surface area contributed by atoms with Crippen LogP contribution >= 0.6 is 0 Å². The topological polar surface area (TPSA) is 127 Å². The molecule has 0 radical (unpaired) electrons. The molecule has 2 aromatic carbocycles. The molecule has 1 amide bonds. The first-order valence-corrected chi connectivity index (χ1v) is 11.8. The van der Waals surface area contributed by atoms with Gasteiger partial charge in [0.2, 0.25) is 10.0 Å². The lowest BCUT2D eigenvalue weighted by atomic mass is 9.87. The molecule has 0 saturated heterocycles. The molecule has 10 heteroatoms. The van der Waals surface area contributed by atoms with Gasteiger partial charge in [0.25, 0.3) is 11.7 Å². The predicted octanol–water partition coefficient (Wildman–Crippen LogP) is 0.452. The van der Waals surface area contributed by atoms with E-state index in [9.17, 15) is 18.0 Å². The first-order chi connectivity index (χ1) is 15.3. The van der Waals surface area contributed by atoms with E-state index in [0.717, 1.165) is 39.5 Å². The van der Waals surface area contributed by atoms with E-state index >= 15 is 0 Å². The fraction of sp³-hybridized carbons (Fsp3) is 0.364. The predicted molar refractivity (Wildman–Crippen MR) is 118 cm³/mol. The van der Waals surface area contributed by atoms with Gasteiger partial charge in [-0.05, 0) is 53.9 Å². The number of carbonyl (C=O) groups excluding carboxylic acids is 2. The third-order valence-electron chi connectivity index (χ3n) is 5.91. The molecule has 0 unspecified atom stereocenters. The van der Waals surface area contributed by atoms with Crippen LogP contribution in [0.2, 0.25) is 0 Å². The summed E-state index contributed by atoms with van der Waals surface area (Å²) in [6, 6.07) is 8.03. The van der Waals surface area contributed by atoms with Crippen molar-refractivity contribution in [1.82, 2.24) is 9.21 Å². The van der Waals surface area contributed by atoms with Crippen LogP contribution in [0.1, 0.15) is 21.5 Å². The van der Waals surface area contributed by atoms with Crippen molar-refractivity contribution in [2.75, 3.05) is 45.2 Å². The summed E-state index contributed by atoms with van der Waals surface area (Å²) in [5, 5.41) is 21.0. The van der Waals surface area contributed by atoms with Crippen molar-refractivity contribution in [3.05, 3.63) is 47.0 Å². The number of nitrogens with one attached hydrogen (secondary N) is 1. The van der Waals surface area contributed by atoms with Crippen molar-refractivity contribution in [3.8, 4) is 11.1 Å². The zero-order chi connectivity index (χ0) is 23.0. The number of rotatable bonds is 7. The maximum absolute atomic E-state index is 12.9. The fourth-order valence-electron chi connectivity index (χ4n) is 4.29. The minimum Gasteiger partial charge on any atom is -0.395 e. The van der Waals surface area contributed by atoms with Gasteiger partial charge in [-0.3, -0.25) is 9.59 Å². The summed E-state index contributed by atoms with van der Waals surface area (Å²) in [6.07, 6.45) is 0.735. The molecule has 0 aromatic heterocycles. The molecule has 0 bridgehead atoms. The van der Waals surface area contributed by atoms with Gasteiger partial charge in [-0.15, -0.1) is 0 Å². The van der Waals surface area contributed by atoms with E-state index in [1.807, 2.05) is 7.05 Å². The van der Waals surface area contributed by atoms with E-state index in [-0.39, 0.29) is 31.2 Å². The summed E-state index contributed by atoms with van der Waals surface area (Å²) >= 11 is 0. The molecule has 170 valence electrons. The summed E-state index contributed by atoms with van der Waals surface area (Å²) in [6.45, 7) is 0.494. The highest BCUT2D eigenvalue weighted by molar-refractivity contribution is 7.89. The third kappa shape index (κ3) is 3.84. The number of amides is 1. The highest BCUT2D eigenvalue weighted by Gasteiger charge is 2.34. The number of benzene rings is 2. The van der Waals surface area contributed by atoms with E-state index in [1.54, 1.807) is 18.2 Å².